The summed E-state index contributed by atoms with van der Waals surface area (Å²) in [6.45, 7) is 6.80. The van der Waals surface area contributed by atoms with Crippen LogP contribution in [-0.2, 0) is 9.59 Å². The number of amides is 1. The maximum atomic E-state index is 13.5. The summed E-state index contributed by atoms with van der Waals surface area (Å²) in [5.74, 6) is 0.373. The lowest BCUT2D eigenvalue weighted by molar-refractivity contribution is -0.124. The van der Waals surface area contributed by atoms with Crippen molar-refractivity contribution in [3.05, 3.63) is 35.4 Å². The Hall–Kier alpha value is -1.68. The number of allylic oxidation sites excluding steroid dienone is 1. The fraction of sp³-hybridized carbons (Fsp3) is 0.474. The summed E-state index contributed by atoms with van der Waals surface area (Å²) in [4.78, 5) is 28.1. The van der Waals surface area contributed by atoms with Crippen LogP contribution in [0.1, 0.15) is 36.3 Å². The molecule has 1 heterocycles. The number of likely N-dealkylation sites (N-methyl/N-ethyl adjacent to an activating group) is 1. The van der Waals surface area contributed by atoms with Gasteiger partial charge >= 0.3 is 0 Å². The lowest BCUT2D eigenvalue weighted by atomic mass is 9.76. The molecule has 1 fully saturated rings. The molecule has 0 radical (unpaired) electrons. The zero-order valence-electron chi connectivity index (χ0n) is 14.3. The number of Topliss-reactive ketones (excluding diaryl/α,β-unsaturated/α-hetero) is 1. The number of hydrogen-bond donors (Lipinski definition) is 0. The van der Waals surface area contributed by atoms with E-state index >= 15 is 0 Å². The van der Waals surface area contributed by atoms with Crippen LogP contribution in [0, 0.1) is 0 Å². The molecule has 23 heavy (non-hydrogen) atoms. The Bertz CT molecular complexity index is 774. The van der Waals surface area contributed by atoms with Crippen molar-refractivity contribution < 1.29 is 9.59 Å². The molecule has 0 unspecified atom stereocenters. The third-order valence-electron chi connectivity index (χ3n) is 6.17. The molecule has 2 aliphatic carbocycles. The number of ketones is 1. The minimum Gasteiger partial charge on any atom is -0.311 e. The standard InChI is InChI=1S/C19H23NO2Si/c1-20-15-9-5-7-12-13-8-6-10-19(17(13)21,23(2,3)4)11-14(16(12)15)18(20)22/h5,7,9,11,13H,6,8,10H2,1-4H3/t13-,19-/m0/s1. The van der Waals surface area contributed by atoms with Crippen LogP contribution in [0.25, 0.3) is 5.57 Å². The number of rotatable bonds is 1. The number of carbonyl (C=O) groups excluding carboxylic acids is 2. The Morgan fingerprint density at radius 1 is 1.22 bits per heavy atom. The van der Waals surface area contributed by atoms with Gasteiger partial charge in [0.1, 0.15) is 5.78 Å². The fourth-order valence-electron chi connectivity index (χ4n) is 4.75. The average Bonchev–Trinajstić information content (AvgIpc) is 2.71. The molecule has 1 aromatic carbocycles. The van der Waals surface area contributed by atoms with Crippen molar-refractivity contribution in [3.63, 3.8) is 0 Å². The van der Waals surface area contributed by atoms with E-state index in [2.05, 4.69) is 31.8 Å². The molecule has 0 aromatic heterocycles. The predicted molar refractivity (Wildman–Crippen MR) is 95.5 cm³/mol. The summed E-state index contributed by atoms with van der Waals surface area (Å²) in [5, 5.41) is -0.400. The van der Waals surface area contributed by atoms with Gasteiger partial charge in [-0.05, 0) is 24.5 Å². The van der Waals surface area contributed by atoms with E-state index in [4.69, 9.17) is 0 Å². The van der Waals surface area contributed by atoms with Crippen molar-refractivity contribution in [2.24, 2.45) is 0 Å². The molecule has 2 atom stereocenters. The summed E-state index contributed by atoms with van der Waals surface area (Å²) in [7, 11) is 0.0246. The Labute approximate surface area is 138 Å². The Morgan fingerprint density at radius 2 is 1.96 bits per heavy atom. The monoisotopic (exact) mass is 325 g/mol. The van der Waals surface area contributed by atoms with Crippen LogP contribution in [0.3, 0.4) is 0 Å². The van der Waals surface area contributed by atoms with Gasteiger partial charge in [-0.2, -0.15) is 0 Å². The second-order valence-electron chi connectivity index (χ2n) is 8.19. The molecule has 0 N–H and O–H groups in total. The van der Waals surface area contributed by atoms with Crippen LogP contribution < -0.4 is 4.90 Å². The van der Waals surface area contributed by atoms with Crippen molar-refractivity contribution in [2.45, 2.75) is 49.9 Å². The van der Waals surface area contributed by atoms with Gasteiger partial charge in [-0.25, -0.2) is 0 Å². The van der Waals surface area contributed by atoms with Crippen molar-refractivity contribution in [1.29, 1.82) is 0 Å². The third kappa shape index (κ3) is 1.70. The maximum absolute atomic E-state index is 13.5. The molecular formula is C19H23NO2Si. The molecule has 4 rings (SSSR count). The van der Waals surface area contributed by atoms with E-state index in [0.717, 1.165) is 41.6 Å². The molecule has 1 amide bonds. The first-order valence-corrected chi connectivity index (χ1v) is 12.0. The predicted octanol–water partition coefficient (Wildman–Crippen LogP) is 3.98. The van der Waals surface area contributed by atoms with Gasteiger partial charge in [0.2, 0.25) is 0 Å². The number of fused-ring (bicyclic) bond motifs is 3. The van der Waals surface area contributed by atoms with Crippen molar-refractivity contribution in [2.75, 3.05) is 11.9 Å². The fourth-order valence-corrected chi connectivity index (χ4v) is 7.17. The zero-order chi connectivity index (χ0) is 16.6. The van der Waals surface area contributed by atoms with E-state index < -0.39 is 13.1 Å². The first-order chi connectivity index (χ1) is 10.8. The summed E-state index contributed by atoms with van der Waals surface area (Å²) in [5.41, 5.74) is 3.85. The number of hydrogen-bond acceptors (Lipinski definition) is 2. The molecule has 4 heteroatoms. The van der Waals surface area contributed by atoms with Crippen molar-refractivity contribution in [3.8, 4) is 0 Å². The minimum atomic E-state index is -1.81. The molecule has 3 aliphatic rings. The molecule has 0 saturated heterocycles. The lowest BCUT2D eigenvalue weighted by Crippen LogP contribution is -2.47. The molecule has 1 aliphatic heterocycles. The summed E-state index contributed by atoms with van der Waals surface area (Å²) < 4.78 is 0. The molecular weight excluding hydrogens is 302 g/mol. The largest absolute Gasteiger partial charge is 0.311 e. The average molecular weight is 325 g/mol. The zero-order valence-corrected chi connectivity index (χ0v) is 15.3. The topological polar surface area (TPSA) is 37.4 Å². The van der Waals surface area contributed by atoms with Gasteiger partial charge in [-0.3, -0.25) is 9.59 Å². The number of carbonyl (C=O) groups is 2. The highest BCUT2D eigenvalue weighted by Crippen LogP contribution is 2.59. The highest BCUT2D eigenvalue weighted by atomic mass is 28.3. The first kappa shape index (κ1) is 14.9. The van der Waals surface area contributed by atoms with E-state index in [1.807, 2.05) is 19.2 Å². The van der Waals surface area contributed by atoms with Crippen molar-refractivity contribution >= 4 is 31.0 Å². The van der Waals surface area contributed by atoms with Gasteiger partial charge in [-0.15, -0.1) is 0 Å². The van der Waals surface area contributed by atoms with Crippen LogP contribution >= 0.6 is 0 Å². The summed E-state index contributed by atoms with van der Waals surface area (Å²) in [6.07, 6.45) is 4.98. The van der Waals surface area contributed by atoms with Crippen LogP contribution in [0.5, 0.6) is 0 Å². The third-order valence-corrected chi connectivity index (χ3v) is 9.48. The van der Waals surface area contributed by atoms with Crippen LogP contribution in [0.4, 0.5) is 5.69 Å². The van der Waals surface area contributed by atoms with Gasteiger partial charge in [0.05, 0.1) is 13.8 Å². The molecule has 120 valence electrons. The van der Waals surface area contributed by atoms with Crippen LogP contribution in [0.2, 0.25) is 24.7 Å². The van der Waals surface area contributed by atoms with E-state index in [1.54, 1.807) is 4.90 Å². The first-order valence-electron chi connectivity index (χ1n) is 8.46. The molecule has 2 bridgehead atoms. The SMILES string of the molecule is CN1C(=O)C2=C[C@@]3([Si](C)(C)C)CCC[C@H](C3=O)c3cccc1c32. The quantitative estimate of drug-likeness (QED) is 0.733. The van der Waals surface area contributed by atoms with E-state index in [0.29, 0.717) is 5.78 Å². The Morgan fingerprint density at radius 3 is 2.65 bits per heavy atom. The van der Waals surface area contributed by atoms with E-state index in [1.165, 1.54) is 0 Å². The van der Waals surface area contributed by atoms with E-state index in [-0.39, 0.29) is 11.8 Å². The summed E-state index contributed by atoms with van der Waals surface area (Å²) >= 11 is 0. The van der Waals surface area contributed by atoms with Gasteiger partial charge < -0.3 is 4.90 Å². The molecule has 1 saturated carbocycles. The van der Waals surface area contributed by atoms with Crippen molar-refractivity contribution in [1.82, 2.24) is 0 Å². The smallest absolute Gasteiger partial charge is 0.258 e. The molecule has 0 spiro atoms. The molecule has 3 nitrogen and oxygen atoms in total. The van der Waals surface area contributed by atoms with E-state index in [9.17, 15) is 9.59 Å². The van der Waals surface area contributed by atoms with Crippen LogP contribution in [-0.4, -0.2) is 26.8 Å². The highest BCUT2D eigenvalue weighted by molar-refractivity contribution is 6.83. The number of nitrogens with zero attached hydrogens (tertiary/aromatic N) is 1. The minimum absolute atomic E-state index is 0.0431. The normalized spacial score (nSPS) is 29.3. The van der Waals surface area contributed by atoms with Gasteiger partial charge in [0, 0.05) is 29.1 Å². The second-order valence-corrected chi connectivity index (χ2v) is 13.6. The summed E-state index contributed by atoms with van der Waals surface area (Å²) in [6, 6.07) is 6.05. The van der Waals surface area contributed by atoms with Gasteiger partial charge in [-0.1, -0.05) is 44.3 Å². The lowest BCUT2D eigenvalue weighted by Gasteiger charge is -2.45. The van der Waals surface area contributed by atoms with Gasteiger partial charge in [0.25, 0.3) is 5.91 Å². The highest BCUT2D eigenvalue weighted by Gasteiger charge is 2.55. The Balaban J connectivity index is 2.09. The second kappa shape index (κ2) is 4.44. The van der Waals surface area contributed by atoms with Crippen LogP contribution in [0.15, 0.2) is 24.3 Å². The maximum Gasteiger partial charge on any atom is 0.258 e. The number of benzene rings is 1. The Kier molecular flexibility index (Phi) is 2.87. The van der Waals surface area contributed by atoms with Gasteiger partial charge in [0.15, 0.2) is 0 Å². The number of anilines is 1. The molecule has 1 aromatic rings.